The maximum absolute atomic E-state index is 12.9. The second kappa shape index (κ2) is 13.2. The summed E-state index contributed by atoms with van der Waals surface area (Å²) in [5.41, 5.74) is 6.74. The highest BCUT2D eigenvalue weighted by Gasteiger charge is 2.30. The third kappa shape index (κ3) is 9.27. The molecule has 0 radical (unpaired) electrons. The van der Waals surface area contributed by atoms with E-state index in [2.05, 4.69) is 16.0 Å². The van der Waals surface area contributed by atoms with E-state index in [1.54, 1.807) is 30.3 Å². The van der Waals surface area contributed by atoms with E-state index < -0.39 is 60.2 Å². The molecule has 5 atom stereocenters. The summed E-state index contributed by atoms with van der Waals surface area (Å²) in [5.74, 6) is -5.09. The number of amides is 3. The molecule has 1 aromatic rings. The number of carboxylic acid groups (broad SMARTS) is 2. The lowest BCUT2D eigenvalue weighted by Gasteiger charge is -2.25. The van der Waals surface area contributed by atoms with Crippen molar-refractivity contribution in [1.82, 2.24) is 16.0 Å². The van der Waals surface area contributed by atoms with Gasteiger partial charge in [-0.05, 0) is 18.4 Å². The number of carbonyl (C=O) groups excluding carboxylic acids is 3. The minimum atomic E-state index is -1.65. The van der Waals surface area contributed by atoms with Crippen molar-refractivity contribution in [2.24, 2.45) is 11.7 Å². The molecule has 0 saturated carbocycles. The Hall–Kier alpha value is -3.47. The quantitative estimate of drug-likeness (QED) is 0.228. The molecule has 0 spiro atoms. The van der Waals surface area contributed by atoms with Gasteiger partial charge in [-0.15, -0.1) is 0 Å². The third-order valence-corrected chi connectivity index (χ3v) is 5.22. The van der Waals surface area contributed by atoms with Gasteiger partial charge >= 0.3 is 11.9 Å². The first kappa shape index (κ1) is 27.6. The zero-order chi connectivity index (χ0) is 25.1. The standard InChI is InChI=1S/C22H32N4O7/c1-4-12(2)18(23)21(31)25-15(10-14-8-6-5-7-9-14)20(30)24-13(3)19(29)26-16(22(32)33)11-17(27)28/h5-9,12-13,15-16,18H,4,10-11,23H2,1-3H3,(H,24,30)(H,25,31)(H,26,29)(H,27,28)(H,32,33). The number of carboxylic acids is 2. The molecule has 0 saturated heterocycles. The molecule has 1 rings (SSSR count). The number of benzene rings is 1. The van der Waals surface area contributed by atoms with Gasteiger partial charge < -0.3 is 31.9 Å². The number of nitrogens with one attached hydrogen (secondary N) is 3. The Balaban J connectivity index is 2.92. The van der Waals surface area contributed by atoms with Crippen LogP contribution in [0.15, 0.2) is 30.3 Å². The van der Waals surface area contributed by atoms with Gasteiger partial charge in [0.1, 0.15) is 18.1 Å². The molecule has 1 aromatic carbocycles. The smallest absolute Gasteiger partial charge is 0.326 e. The highest BCUT2D eigenvalue weighted by atomic mass is 16.4. The zero-order valence-corrected chi connectivity index (χ0v) is 18.9. The van der Waals surface area contributed by atoms with Crippen molar-refractivity contribution in [2.75, 3.05) is 0 Å². The SMILES string of the molecule is CCC(C)C(N)C(=O)NC(Cc1ccccc1)C(=O)NC(C)C(=O)NC(CC(=O)O)C(=O)O. The number of hydrogen-bond donors (Lipinski definition) is 6. The minimum absolute atomic E-state index is 0.114. The van der Waals surface area contributed by atoms with E-state index in [0.29, 0.717) is 6.42 Å². The van der Waals surface area contributed by atoms with Crippen LogP contribution in [0.2, 0.25) is 0 Å². The van der Waals surface area contributed by atoms with Crippen LogP contribution in [-0.2, 0) is 30.4 Å². The van der Waals surface area contributed by atoms with Crippen molar-refractivity contribution in [1.29, 1.82) is 0 Å². The first-order valence-corrected chi connectivity index (χ1v) is 10.6. The van der Waals surface area contributed by atoms with Crippen LogP contribution in [0.3, 0.4) is 0 Å². The Morgan fingerprint density at radius 3 is 1.97 bits per heavy atom. The van der Waals surface area contributed by atoms with Gasteiger partial charge in [-0.25, -0.2) is 4.79 Å². The van der Waals surface area contributed by atoms with Gasteiger partial charge in [-0.1, -0.05) is 50.6 Å². The average molecular weight is 465 g/mol. The van der Waals surface area contributed by atoms with E-state index in [4.69, 9.17) is 15.9 Å². The molecule has 11 heteroatoms. The fourth-order valence-corrected chi connectivity index (χ4v) is 2.89. The maximum Gasteiger partial charge on any atom is 0.326 e. The van der Waals surface area contributed by atoms with Crippen LogP contribution in [0.4, 0.5) is 0 Å². The van der Waals surface area contributed by atoms with E-state index in [-0.39, 0.29) is 12.3 Å². The van der Waals surface area contributed by atoms with E-state index in [1.807, 2.05) is 13.8 Å². The molecule has 182 valence electrons. The molecule has 0 bridgehead atoms. The van der Waals surface area contributed by atoms with Crippen molar-refractivity contribution < 1.29 is 34.2 Å². The molecule has 3 amide bonds. The highest BCUT2D eigenvalue weighted by molar-refractivity contribution is 5.94. The maximum atomic E-state index is 12.9. The van der Waals surface area contributed by atoms with Gasteiger partial charge in [-0.3, -0.25) is 19.2 Å². The Kier molecular flexibility index (Phi) is 11.0. The lowest BCUT2D eigenvalue weighted by molar-refractivity contribution is -0.147. The van der Waals surface area contributed by atoms with Crippen molar-refractivity contribution >= 4 is 29.7 Å². The highest BCUT2D eigenvalue weighted by Crippen LogP contribution is 2.08. The van der Waals surface area contributed by atoms with Gasteiger partial charge in [0.25, 0.3) is 0 Å². The van der Waals surface area contributed by atoms with Gasteiger partial charge in [0.15, 0.2) is 0 Å². The van der Waals surface area contributed by atoms with E-state index in [1.165, 1.54) is 6.92 Å². The van der Waals surface area contributed by atoms with Crippen molar-refractivity contribution in [2.45, 2.75) is 64.2 Å². The first-order chi connectivity index (χ1) is 15.5. The van der Waals surface area contributed by atoms with Gasteiger partial charge in [0, 0.05) is 6.42 Å². The molecule has 0 heterocycles. The van der Waals surface area contributed by atoms with Crippen LogP contribution in [0.25, 0.3) is 0 Å². The largest absolute Gasteiger partial charge is 0.481 e. The van der Waals surface area contributed by atoms with Crippen molar-refractivity contribution in [3.05, 3.63) is 35.9 Å². The second-order valence-corrected chi connectivity index (χ2v) is 7.89. The van der Waals surface area contributed by atoms with Gasteiger partial charge in [-0.2, -0.15) is 0 Å². The van der Waals surface area contributed by atoms with Crippen LogP contribution < -0.4 is 21.7 Å². The van der Waals surface area contributed by atoms with E-state index in [0.717, 1.165) is 5.56 Å². The van der Waals surface area contributed by atoms with Crippen LogP contribution in [0.5, 0.6) is 0 Å². The predicted octanol–water partition coefficient (Wildman–Crippen LogP) is -0.364. The Labute approximate surface area is 192 Å². The summed E-state index contributed by atoms with van der Waals surface area (Å²) in [6.45, 7) is 5.03. The van der Waals surface area contributed by atoms with Crippen LogP contribution in [-0.4, -0.2) is 64.0 Å². The summed E-state index contributed by atoms with van der Waals surface area (Å²) in [4.78, 5) is 59.8. The second-order valence-electron chi connectivity index (χ2n) is 7.89. The molecule has 33 heavy (non-hydrogen) atoms. The fourth-order valence-electron chi connectivity index (χ4n) is 2.89. The van der Waals surface area contributed by atoms with Crippen LogP contribution in [0, 0.1) is 5.92 Å². The van der Waals surface area contributed by atoms with E-state index >= 15 is 0 Å². The molecule has 11 nitrogen and oxygen atoms in total. The van der Waals surface area contributed by atoms with Crippen LogP contribution >= 0.6 is 0 Å². The first-order valence-electron chi connectivity index (χ1n) is 10.6. The summed E-state index contributed by atoms with van der Waals surface area (Å²) in [7, 11) is 0. The summed E-state index contributed by atoms with van der Waals surface area (Å²) >= 11 is 0. The fraction of sp³-hybridized carbons (Fsp3) is 0.500. The molecule has 0 fully saturated rings. The lowest BCUT2D eigenvalue weighted by atomic mass is 9.98. The number of rotatable bonds is 13. The molecule has 0 aliphatic rings. The number of hydrogen-bond acceptors (Lipinski definition) is 6. The van der Waals surface area contributed by atoms with Crippen molar-refractivity contribution in [3.63, 3.8) is 0 Å². The molecular formula is C22H32N4O7. The van der Waals surface area contributed by atoms with Crippen LogP contribution in [0.1, 0.15) is 39.2 Å². The average Bonchev–Trinajstić information content (AvgIpc) is 2.77. The van der Waals surface area contributed by atoms with Gasteiger partial charge in [0.2, 0.25) is 17.7 Å². The van der Waals surface area contributed by atoms with E-state index in [9.17, 15) is 24.0 Å². The summed E-state index contributed by atoms with van der Waals surface area (Å²) in [6, 6.07) is 4.21. The molecule has 5 unspecified atom stereocenters. The number of aliphatic carboxylic acids is 2. The molecule has 0 aliphatic heterocycles. The molecule has 0 aromatic heterocycles. The summed E-state index contributed by atoms with van der Waals surface area (Å²) in [5, 5.41) is 25.0. The Bertz CT molecular complexity index is 846. The number of carbonyl (C=O) groups is 5. The van der Waals surface area contributed by atoms with Gasteiger partial charge in [0.05, 0.1) is 12.5 Å². The Morgan fingerprint density at radius 2 is 1.45 bits per heavy atom. The Morgan fingerprint density at radius 1 is 0.879 bits per heavy atom. The third-order valence-electron chi connectivity index (χ3n) is 5.22. The van der Waals surface area contributed by atoms with Crippen molar-refractivity contribution in [3.8, 4) is 0 Å². The lowest BCUT2D eigenvalue weighted by Crippen LogP contribution is -2.57. The minimum Gasteiger partial charge on any atom is -0.481 e. The monoisotopic (exact) mass is 464 g/mol. The molecule has 0 aliphatic carbocycles. The number of nitrogens with two attached hydrogens (primary N) is 1. The normalized spacial score (nSPS) is 15.3. The molecular weight excluding hydrogens is 432 g/mol. The molecule has 7 N–H and O–H groups in total. The topological polar surface area (TPSA) is 188 Å². The zero-order valence-electron chi connectivity index (χ0n) is 18.9. The summed E-state index contributed by atoms with van der Waals surface area (Å²) in [6.07, 6.45) is -0.0128. The predicted molar refractivity (Wildman–Crippen MR) is 119 cm³/mol. The summed E-state index contributed by atoms with van der Waals surface area (Å²) < 4.78 is 0.